The van der Waals surface area contributed by atoms with Gasteiger partial charge in [-0.3, -0.25) is 0 Å². The Kier molecular flexibility index (Phi) is 7.44. The van der Waals surface area contributed by atoms with Crippen molar-refractivity contribution in [2.45, 2.75) is 41.7 Å². The molecule has 1 aliphatic heterocycles. The lowest BCUT2D eigenvalue weighted by molar-refractivity contribution is -0.194. The molecule has 170 valence electrons. The minimum absolute atomic E-state index is 0.351. The van der Waals surface area contributed by atoms with Gasteiger partial charge in [-0.25, -0.2) is 9.59 Å². The van der Waals surface area contributed by atoms with Crippen LogP contribution in [0.2, 0.25) is 0 Å². The average Bonchev–Trinajstić information content (AvgIpc) is 2.85. The Morgan fingerprint density at radius 3 is 1.73 bits per heavy atom. The van der Waals surface area contributed by atoms with Gasteiger partial charge in [-0.2, -0.15) is 0 Å². The largest absolute Gasteiger partial charge is 0.453 e. The molecular weight excluding hydrogens is 440 g/mol. The second-order valence-corrected chi connectivity index (χ2v) is 8.77. The molecule has 0 aromatic heterocycles. The zero-order chi connectivity index (χ0) is 23.2. The van der Waals surface area contributed by atoms with Crippen molar-refractivity contribution in [3.05, 3.63) is 102 Å². The van der Waals surface area contributed by atoms with Gasteiger partial charge in [0.05, 0.1) is 17.2 Å². The predicted molar refractivity (Wildman–Crippen MR) is 124 cm³/mol. The molecule has 0 radical (unpaired) electrons. The summed E-state index contributed by atoms with van der Waals surface area (Å²) in [5.74, 6) is -1.18. The van der Waals surface area contributed by atoms with Gasteiger partial charge in [0, 0.05) is 4.90 Å². The van der Waals surface area contributed by atoms with Gasteiger partial charge in [0.2, 0.25) is 0 Å². The Balaban J connectivity index is 1.56. The highest BCUT2D eigenvalue weighted by atomic mass is 32.2. The van der Waals surface area contributed by atoms with Crippen LogP contribution in [0.4, 0.5) is 0 Å². The Morgan fingerprint density at radius 2 is 1.21 bits per heavy atom. The second kappa shape index (κ2) is 10.7. The van der Waals surface area contributed by atoms with Gasteiger partial charge in [0.25, 0.3) is 0 Å². The SMILES string of the molecule is CC1OC(Sc2ccccc2)C(OC(=O)c2ccccc2)C(O)C1OC(=O)c1ccccc1. The van der Waals surface area contributed by atoms with Crippen molar-refractivity contribution in [3.63, 3.8) is 0 Å². The van der Waals surface area contributed by atoms with Crippen LogP contribution in [0, 0.1) is 0 Å². The van der Waals surface area contributed by atoms with Crippen LogP contribution in [-0.2, 0) is 14.2 Å². The molecular formula is C26H24O6S. The van der Waals surface area contributed by atoms with E-state index in [0.717, 1.165) is 4.90 Å². The molecule has 6 nitrogen and oxygen atoms in total. The van der Waals surface area contributed by atoms with E-state index < -0.39 is 41.8 Å². The monoisotopic (exact) mass is 464 g/mol. The fourth-order valence-electron chi connectivity index (χ4n) is 3.54. The van der Waals surface area contributed by atoms with Crippen LogP contribution in [0.15, 0.2) is 95.9 Å². The van der Waals surface area contributed by atoms with Gasteiger partial charge in [0.15, 0.2) is 12.2 Å². The summed E-state index contributed by atoms with van der Waals surface area (Å²) in [5.41, 5.74) is 0.0110. The van der Waals surface area contributed by atoms with E-state index in [4.69, 9.17) is 14.2 Å². The van der Waals surface area contributed by atoms with Gasteiger partial charge in [-0.1, -0.05) is 66.4 Å². The van der Waals surface area contributed by atoms with E-state index in [2.05, 4.69) is 0 Å². The zero-order valence-corrected chi connectivity index (χ0v) is 18.8. The minimum atomic E-state index is -1.28. The number of aliphatic hydroxyl groups is 1. The Morgan fingerprint density at radius 1 is 0.758 bits per heavy atom. The van der Waals surface area contributed by atoms with Crippen LogP contribution < -0.4 is 0 Å². The fourth-order valence-corrected chi connectivity index (χ4v) is 4.71. The Labute approximate surface area is 196 Å². The number of rotatable bonds is 6. The van der Waals surface area contributed by atoms with E-state index in [1.807, 2.05) is 30.3 Å². The molecule has 1 saturated heterocycles. The van der Waals surface area contributed by atoms with E-state index in [-0.39, 0.29) is 0 Å². The molecule has 5 atom stereocenters. The normalized spacial score (nSPS) is 24.6. The maximum Gasteiger partial charge on any atom is 0.338 e. The first-order chi connectivity index (χ1) is 16.0. The molecule has 0 aliphatic carbocycles. The van der Waals surface area contributed by atoms with E-state index in [0.29, 0.717) is 11.1 Å². The number of hydrogen-bond acceptors (Lipinski definition) is 7. The summed E-state index contributed by atoms with van der Waals surface area (Å²) in [6.07, 6.45) is -3.98. The molecule has 1 fully saturated rings. The molecule has 3 aromatic carbocycles. The number of thioether (sulfide) groups is 1. The number of carbonyl (C=O) groups excluding carboxylic acids is 2. The first kappa shape index (κ1) is 23.0. The molecule has 0 bridgehead atoms. The second-order valence-electron chi connectivity index (χ2n) is 7.60. The van der Waals surface area contributed by atoms with E-state index in [1.165, 1.54) is 11.8 Å². The maximum atomic E-state index is 12.8. The summed E-state index contributed by atoms with van der Waals surface area (Å²) in [6, 6.07) is 26.5. The average molecular weight is 465 g/mol. The van der Waals surface area contributed by atoms with E-state index in [1.54, 1.807) is 67.6 Å². The number of aliphatic hydroxyl groups excluding tert-OH is 1. The van der Waals surface area contributed by atoms with Crippen molar-refractivity contribution in [2.24, 2.45) is 0 Å². The van der Waals surface area contributed by atoms with Crippen molar-refractivity contribution in [3.8, 4) is 0 Å². The highest BCUT2D eigenvalue weighted by molar-refractivity contribution is 7.99. The highest BCUT2D eigenvalue weighted by Crippen LogP contribution is 2.36. The van der Waals surface area contributed by atoms with Crippen molar-refractivity contribution >= 4 is 23.7 Å². The molecule has 3 aromatic rings. The van der Waals surface area contributed by atoms with Crippen molar-refractivity contribution in [2.75, 3.05) is 0 Å². The lowest BCUT2D eigenvalue weighted by Crippen LogP contribution is -2.58. The molecule has 5 unspecified atom stereocenters. The van der Waals surface area contributed by atoms with Gasteiger partial charge in [-0.15, -0.1) is 0 Å². The summed E-state index contributed by atoms with van der Waals surface area (Å²) in [5, 5.41) is 11.2. The summed E-state index contributed by atoms with van der Waals surface area (Å²) in [4.78, 5) is 26.3. The van der Waals surface area contributed by atoms with Gasteiger partial charge < -0.3 is 19.3 Å². The minimum Gasteiger partial charge on any atom is -0.453 e. The lowest BCUT2D eigenvalue weighted by atomic mass is 10.00. The van der Waals surface area contributed by atoms with E-state index >= 15 is 0 Å². The third-order valence-corrected chi connectivity index (χ3v) is 6.41. The van der Waals surface area contributed by atoms with Crippen LogP contribution in [0.5, 0.6) is 0 Å². The third-order valence-electron chi connectivity index (χ3n) is 5.25. The molecule has 1 heterocycles. The molecule has 0 amide bonds. The Hall–Kier alpha value is -3.13. The Bertz CT molecular complexity index is 1060. The number of esters is 2. The summed E-state index contributed by atoms with van der Waals surface area (Å²) < 4.78 is 17.4. The summed E-state index contributed by atoms with van der Waals surface area (Å²) >= 11 is 1.33. The van der Waals surface area contributed by atoms with Crippen molar-refractivity contribution in [1.82, 2.24) is 0 Å². The number of ether oxygens (including phenoxy) is 3. The topological polar surface area (TPSA) is 82.1 Å². The quantitative estimate of drug-likeness (QED) is 0.544. The summed E-state index contributed by atoms with van der Waals surface area (Å²) in [6.45, 7) is 1.72. The first-order valence-electron chi connectivity index (χ1n) is 10.6. The molecule has 0 spiro atoms. The predicted octanol–water partition coefficient (Wildman–Crippen LogP) is 4.34. The van der Waals surface area contributed by atoms with Crippen LogP contribution in [0.25, 0.3) is 0 Å². The molecule has 33 heavy (non-hydrogen) atoms. The standard InChI is InChI=1S/C26H24O6S/c1-17-22(31-24(28)18-11-5-2-6-12-18)21(27)23(32-25(29)19-13-7-3-8-14-19)26(30-17)33-20-15-9-4-10-16-20/h2-17,21-23,26-27H,1H3. The van der Waals surface area contributed by atoms with Crippen LogP contribution in [0.1, 0.15) is 27.6 Å². The molecule has 7 heteroatoms. The fraction of sp³-hybridized carbons (Fsp3) is 0.231. The first-order valence-corrected chi connectivity index (χ1v) is 11.5. The van der Waals surface area contributed by atoms with E-state index in [9.17, 15) is 14.7 Å². The maximum absolute atomic E-state index is 12.8. The van der Waals surface area contributed by atoms with Crippen molar-refractivity contribution in [1.29, 1.82) is 0 Å². The molecule has 1 aliphatic rings. The molecule has 0 saturated carbocycles. The van der Waals surface area contributed by atoms with Crippen LogP contribution >= 0.6 is 11.8 Å². The summed E-state index contributed by atoms with van der Waals surface area (Å²) in [7, 11) is 0. The number of hydrogen-bond donors (Lipinski definition) is 1. The number of carbonyl (C=O) groups is 2. The smallest absolute Gasteiger partial charge is 0.338 e. The van der Waals surface area contributed by atoms with Gasteiger partial charge in [0.1, 0.15) is 11.5 Å². The third kappa shape index (κ3) is 5.63. The van der Waals surface area contributed by atoms with Crippen molar-refractivity contribution < 1.29 is 28.9 Å². The zero-order valence-electron chi connectivity index (χ0n) is 17.9. The lowest BCUT2D eigenvalue weighted by Gasteiger charge is -2.42. The van der Waals surface area contributed by atoms with Gasteiger partial charge >= 0.3 is 11.9 Å². The van der Waals surface area contributed by atoms with Gasteiger partial charge in [-0.05, 0) is 43.3 Å². The molecule has 1 N–H and O–H groups in total. The van der Waals surface area contributed by atoms with Crippen LogP contribution in [-0.4, -0.2) is 46.9 Å². The highest BCUT2D eigenvalue weighted by Gasteiger charge is 2.48. The van der Waals surface area contributed by atoms with Crippen LogP contribution in [0.3, 0.4) is 0 Å². The molecule has 4 rings (SSSR count). The number of benzene rings is 3.